The molecule has 8 heteroatoms. The summed E-state index contributed by atoms with van der Waals surface area (Å²) < 4.78 is 5.00. The van der Waals surface area contributed by atoms with Crippen LogP contribution >= 0.6 is 22.7 Å². The predicted molar refractivity (Wildman–Crippen MR) is 368 cm³/mol. The monoisotopic (exact) mass is 1160 g/mol. The molecule has 0 atom stereocenters. The van der Waals surface area contributed by atoms with Crippen molar-refractivity contribution in [1.82, 2.24) is 29.9 Å². The number of rotatable bonds is 10. The van der Waals surface area contributed by atoms with Crippen molar-refractivity contribution in [2.45, 2.75) is 0 Å². The molecule has 13 aromatic carbocycles. The van der Waals surface area contributed by atoms with Crippen molar-refractivity contribution < 1.29 is 0 Å². The largest absolute Gasteiger partial charge is 0.208 e. The number of benzene rings is 13. The molecule has 0 aliphatic carbocycles. The van der Waals surface area contributed by atoms with E-state index < -0.39 is 0 Å². The third-order valence-corrected chi connectivity index (χ3v) is 19.2. The standard InChI is InChI=1S/C80H48N6S2/c1-4-18-49(19-5-1)52-24-13-29-58(45-52)77-82-78(59-30-14-25-53(46-59)50-20-6-2-7-21-50)86-80(85-77)69-36-17-34-65-62(69)40-42-67-70-48-57(38-43-72(70)88-74(65)67)55-27-12-26-54(44-55)56-28-15-31-60(47-56)76-81-75(51-22-8-3-9-23-51)83-79(84-76)68-35-16-33-64-61(68)39-41-66-63-32-10-11-37-71(63)87-73(64)66/h1-48H. The lowest BCUT2D eigenvalue weighted by Crippen LogP contribution is -2.01. The fourth-order valence-corrected chi connectivity index (χ4v) is 14.9. The molecule has 0 fully saturated rings. The van der Waals surface area contributed by atoms with Gasteiger partial charge in [-0.05, 0) is 97.7 Å². The lowest BCUT2D eigenvalue weighted by molar-refractivity contribution is 1.08. The SMILES string of the molecule is c1ccc(-c2cccc(-c3nc(-c4cccc(-c5ccccc5)c4)nc(-c4cccc5c4ccc4c6cc(-c7cccc(-c8cccc(-c9nc(-c%10ccccc%10)nc(-c%10cccc%11c%10ccc%10c%12ccccc%12sc%11%10)n9)c8)c7)ccc6sc54)n3)c2)cc1. The van der Waals surface area contributed by atoms with Gasteiger partial charge in [-0.15, -0.1) is 22.7 Å². The van der Waals surface area contributed by atoms with Gasteiger partial charge in [-0.2, -0.15) is 0 Å². The molecule has 6 nitrogen and oxygen atoms in total. The Morgan fingerprint density at radius 3 is 0.966 bits per heavy atom. The summed E-state index contributed by atoms with van der Waals surface area (Å²) in [6.07, 6.45) is 0. The van der Waals surface area contributed by atoms with Crippen LogP contribution in [-0.4, -0.2) is 29.9 Å². The molecule has 4 aromatic heterocycles. The molecule has 17 rings (SSSR count). The quantitative estimate of drug-likeness (QED) is 0.136. The van der Waals surface area contributed by atoms with Crippen LogP contribution in [0.4, 0.5) is 0 Å². The second-order valence-corrected chi connectivity index (χ2v) is 24.2. The van der Waals surface area contributed by atoms with E-state index in [1.54, 1.807) is 0 Å². The number of fused-ring (bicyclic) bond motifs is 10. The summed E-state index contributed by atoms with van der Waals surface area (Å²) >= 11 is 3.66. The number of aromatic nitrogens is 6. The van der Waals surface area contributed by atoms with E-state index in [-0.39, 0.29) is 0 Å². The van der Waals surface area contributed by atoms with Gasteiger partial charge in [0.25, 0.3) is 0 Å². The Kier molecular flexibility index (Phi) is 12.5. The molecule has 0 radical (unpaired) electrons. The van der Waals surface area contributed by atoms with Gasteiger partial charge in [-0.25, -0.2) is 29.9 Å². The van der Waals surface area contributed by atoms with Gasteiger partial charge in [0.1, 0.15) is 0 Å². The molecule has 17 aromatic rings. The van der Waals surface area contributed by atoms with E-state index in [4.69, 9.17) is 29.9 Å². The van der Waals surface area contributed by atoms with Gasteiger partial charge in [0, 0.05) is 84.5 Å². The number of hydrogen-bond acceptors (Lipinski definition) is 8. The predicted octanol–water partition coefficient (Wildman–Crippen LogP) is 21.8. The normalized spacial score (nSPS) is 11.6. The lowest BCUT2D eigenvalue weighted by Gasteiger charge is -2.12. The third-order valence-electron chi connectivity index (χ3n) is 16.8. The Morgan fingerprint density at radius 2 is 0.477 bits per heavy atom. The smallest absolute Gasteiger partial charge is 0.164 e. The van der Waals surface area contributed by atoms with Crippen molar-refractivity contribution in [1.29, 1.82) is 0 Å². The molecular formula is C80H48N6S2. The van der Waals surface area contributed by atoms with Gasteiger partial charge in [0.2, 0.25) is 0 Å². The first-order valence-corrected chi connectivity index (χ1v) is 31.0. The Morgan fingerprint density at radius 1 is 0.170 bits per heavy atom. The maximum absolute atomic E-state index is 5.31. The molecule has 88 heavy (non-hydrogen) atoms. The number of nitrogens with zero attached hydrogens (tertiary/aromatic N) is 6. The Labute approximate surface area is 515 Å². The fraction of sp³-hybridized carbons (Fsp3) is 0. The first kappa shape index (κ1) is 51.3. The topological polar surface area (TPSA) is 77.3 Å². The maximum Gasteiger partial charge on any atom is 0.164 e. The van der Waals surface area contributed by atoms with E-state index in [2.05, 4.69) is 261 Å². The second kappa shape index (κ2) is 21.4. The molecule has 0 spiro atoms. The zero-order valence-corrected chi connectivity index (χ0v) is 48.8. The van der Waals surface area contributed by atoms with E-state index in [0.29, 0.717) is 34.9 Å². The zero-order valence-electron chi connectivity index (χ0n) is 47.2. The Bertz CT molecular complexity index is 5480. The molecule has 0 bridgehead atoms. The van der Waals surface area contributed by atoms with Crippen molar-refractivity contribution in [2.24, 2.45) is 0 Å². The molecule has 0 saturated heterocycles. The summed E-state index contributed by atoms with van der Waals surface area (Å²) in [7, 11) is 0. The van der Waals surface area contributed by atoms with E-state index in [1.165, 1.54) is 45.7 Å². The first-order valence-electron chi connectivity index (χ1n) is 29.4. The second-order valence-electron chi connectivity index (χ2n) is 22.1. The summed E-state index contributed by atoms with van der Waals surface area (Å²) in [6, 6.07) is 103. The van der Waals surface area contributed by atoms with Crippen molar-refractivity contribution >= 4 is 84.6 Å². The highest BCUT2D eigenvalue weighted by atomic mass is 32.1. The number of thiophene rings is 2. The van der Waals surface area contributed by atoms with Crippen molar-refractivity contribution in [3.8, 4) is 113 Å². The minimum absolute atomic E-state index is 0.618. The van der Waals surface area contributed by atoms with Crippen LogP contribution in [0.3, 0.4) is 0 Å². The molecule has 0 unspecified atom stereocenters. The fourth-order valence-electron chi connectivity index (χ4n) is 12.5. The summed E-state index contributed by atoms with van der Waals surface area (Å²) in [5.74, 6) is 3.75. The Hall–Kier alpha value is -11.2. The molecule has 0 N–H and O–H groups in total. The summed E-state index contributed by atoms with van der Waals surface area (Å²) in [4.78, 5) is 31.5. The van der Waals surface area contributed by atoms with Crippen molar-refractivity contribution in [3.63, 3.8) is 0 Å². The highest BCUT2D eigenvalue weighted by molar-refractivity contribution is 7.27. The Balaban J connectivity index is 0.727. The minimum Gasteiger partial charge on any atom is -0.208 e. The van der Waals surface area contributed by atoms with Crippen LogP contribution < -0.4 is 0 Å². The van der Waals surface area contributed by atoms with Crippen molar-refractivity contribution in [2.75, 3.05) is 0 Å². The van der Waals surface area contributed by atoms with Crippen LogP contribution in [0.5, 0.6) is 0 Å². The molecule has 4 heterocycles. The summed E-state index contributed by atoms with van der Waals surface area (Å²) in [5, 5.41) is 9.53. The van der Waals surface area contributed by atoms with Crippen LogP contribution in [-0.2, 0) is 0 Å². The zero-order chi connectivity index (χ0) is 58.1. The molecule has 0 aliphatic heterocycles. The van der Waals surface area contributed by atoms with Gasteiger partial charge < -0.3 is 0 Å². The summed E-state index contributed by atoms with van der Waals surface area (Å²) in [5.41, 5.74) is 14.5. The minimum atomic E-state index is 0.618. The van der Waals surface area contributed by atoms with Crippen LogP contribution in [0.15, 0.2) is 291 Å². The van der Waals surface area contributed by atoms with Crippen LogP contribution in [0, 0.1) is 0 Å². The van der Waals surface area contributed by atoms with Crippen molar-refractivity contribution in [3.05, 3.63) is 291 Å². The number of hydrogen-bond donors (Lipinski definition) is 0. The molecule has 410 valence electrons. The third kappa shape index (κ3) is 9.18. The average molecular weight is 1160 g/mol. The van der Waals surface area contributed by atoms with Crippen LogP contribution in [0.2, 0.25) is 0 Å². The first-order chi connectivity index (χ1) is 43.6. The highest BCUT2D eigenvalue weighted by Crippen LogP contribution is 2.44. The maximum atomic E-state index is 5.31. The van der Waals surface area contributed by atoms with Gasteiger partial charge in [0.05, 0.1) is 0 Å². The van der Waals surface area contributed by atoms with Gasteiger partial charge in [0.15, 0.2) is 34.9 Å². The molecule has 0 amide bonds. The molecular weight excluding hydrogens is 1110 g/mol. The van der Waals surface area contributed by atoms with Gasteiger partial charge in [-0.3, -0.25) is 0 Å². The highest BCUT2D eigenvalue weighted by Gasteiger charge is 2.21. The average Bonchev–Trinajstić information content (AvgIpc) is 2.78. The van der Waals surface area contributed by atoms with Crippen LogP contribution in [0.25, 0.3) is 175 Å². The van der Waals surface area contributed by atoms with Gasteiger partial charge >= 0.3 is 0 Å². The summed E-state index contributed by atoms with van der Waals surface area (Å²) in [6.45, 7) is 0. The molecule has 0 aliphatic rings. The van der Waals surface area contributed by atoms with E-state index in [9.17, 15) is 0 Å². The van der Waals surface area contributed by atoms with E-state index >= 15 is 0 Å². The van der Waals surface area contributed by atoms with E-state index in [0.717, 1.165) is 94.0 Å². The van der Waals surface area contributed by atoms with E-state index in [1.807, 2.05) is 53.0 Å². The van der Waals surface area contributed by atoms with Crippen LogP contribution in [0.1, 0.15) is 0 Å². The van der Waals surface area contributed by atoms with Gasteiger partial charge in [-0.1, -0.05) is 249 Å². The molecule has 0 saturated carbocycles. The lowest BCUT2D eigenvalue weighted by atomic mass is 9.96.